The summed E-state index contributed by atoms with van der Waals surface area (Å²) in [5, 5.41) is 72.5. The smallest absolute Gasteiger partial charge is 0.327 e. The number of aliphatic carboxylic acids is 2. The number of nitrogens with one attached hydrogen (secondary N) is 19. The molecule has 0 aliphatic carbocycles. The van der Waals surface area contributed by atoms with Crippen molar-refractivity contribution >= 4 is 175 Å². The zero-order valence-electron chi connectivity index (χ0n) is 74.3. The van der Waals surface area contributed by atoms with Crippen molar-refractivity contribution in [3.8, 4) is 0 Å². The van der Waals surface area contributed by atoms with Gasteiger partial charge in [-0.05, 0) is 67.9 Å². The van der Waals surface area contributed by atoms with Gasteiger partial charge in [0.2, 0.25) is 106 Å². The number of amides is 18. The van der Waals surface area contributed by atoms with Crippen LogP contribution in [0, 0.1) is 29.6 Å². The summed E-state index contributed by atoms with van der Waals surface area (Å²) in [6, 6.07) is -23.2. The van der Waals surface area contributed by atoms with Crippen molar-refractivity contribution in [2.75, 3.05) is 48.5 Å². The van der Waals surface area contributed by atoms with Crippen LogP contribution in [0.1, 0.15) is 135 Å². The van der Waals surface area contributed by atoms with E-state index in [-0.39, 0.29) is 25.7 Å². The lowest BCUT2D eigenvalue weighted by atomic mass is 9.96. The normalized spacial score (nSPS) is 30.4. The molecule has 23 atom stereocenters. The average Bonchev–Trinajstić information content (AvgIpc) is 1.73. The van der Waals surface area contributed by atoms with Gasteiger partial charge in [0, 0.05) is 74.3 Å². The molecule has 0 spiro atoms. The van der Waals surface area contributed by atoms with E-state index in [1.54, 1.807) is 65.1 Å². The maximum atomic E-state index is 15.9. The van der Waals surface area contributed by atoms with Crippen molar-refractivity contribution in [3.05, 3.63) is 36.0 Å². The number of H-pyrrole nitrogens is 1. The van der Waals surface area contributed by atoms with Gasteiger partial charge in [0.1, 0.15) is 96.7 Å². The maximum absolute atomic E-state index is 15.9. The molecule has 4 bridgehead atoms. The quantitative estimate of drug-likeness (QED) is 0.0655. The Morgan fingerprint density at radius 1 is 0.496 bits per heavy atom. The van der Waals surface area contributed by atoms with Crippen LogP contribution < -0.4 is 101 Å². The molecular formula is C81H124N20O24S4. The molecule has 129 heavy (non-hydrogen) atoms. The average molecular weight is 1890 g/mol. The first-order chi connectivity index (χ1) is 60.7. The number of para-hydroxylation sites is 1. The molecule has 5 heterocycles. The van der Waals surface area contributed by atoms with Gasteiger partial charge in [0.15, 0.2) is 0 Å². The number of hydrogen-bond acceptors (Lipinski definition) is 26. The molecule has 48 heteroatoms. The minimum absolute atomic E-state index is 0.0970. The van der Waals surface area contributed by atoms with Crippen molar-refractivity contribution in [2.24, 2.45) is 35.3 Å². The van der Waals surface area contributed by atoms with E-state index in [2.05, 4.69) is 101 Å². The van der Waals surface area contributed by atoms with Crippen molar-refractivity contribution < 1.29 is 115 Å². The van der Waals surface area contributed by atoms with Gasteiger partial charge in [-0.25, -0.2) is 4.79 Å². The number of aliphatic hydroxyl groups is 1. The van der Waals surface area contributed by atoms with E-state index in [4.69, 9.17) is 5.73 Å². The zero-order valence-corrected chi connectivity index (χ0v) is 77.6. The number of carboxylic acids is 2. The van der Waals surface area contributed by atoms with Gasteiger partial charge in [-0.2, -0.15) is 35.3 Å². The molecule has 4 saturated heterocycles. The first-order valence-corrected chi connectivity index (χ1v) is 47.3. The Hall–Kier alpha value is -10.7. The standard InChI is InChI=1S/C81H124N20O24S4/c1-15-37(9)60-76(118)88-47(21-22-57(105)106)69(111)91-52-31-127-40(12)62(101-73(115)51-30-126-29-45(82)66(108)90-50(28-102)67(109)84-26-55(103)87-49(71(113)96-58(35(5)6)74(116)92-51)24-43-25-83-46-20-18-17-19-44(43)46)78(120)89-48(23-34(3)4)70(112)100-63(79(121)99-60)41(13)128-32-53-72(114)86-39(11)65(107)94-54(81(123)124)33-129(125)42(14)64(95-56(104)27-85-68(52)110)80(122)97-59(36(7)8)75(117)98-61(38(10)16-2)77(119)93-53/h17-20,25,34-42,45,47-54,58-64,83,102H,15-16,21-24,26-33,82H2,1-14H3,(H,84,109)(H,85,110)(H,86,114)(H,87,103)(H,88,118)(H,89,120)(H,90,108)(H,91,111)(H,92,116)(H,93,119)(H,94,107)(H,95,104)(H,96,113)(H,97,122)(H,98,117)(H,99,121)(H,100,112)(H,101,115)(H,105,106)(H,123,124). The molecule has 716 valence electrons. The van der Waals surface area contributed by atoms with Crippen LogP contribution in [0.25, 0.3) is 10.9 Å². The highest BCUT2D eigenvalue weighted by atomic mass is 32.2. The Bertz CT molecular complexity index is 4470. The third-order valence-corrected chi connectivity index (χ3v) is 27.8. The summed E-state index contributed by atoms with van der Waals surface area (Å²) >= 11 is 2.12. The number of aromatic nitrogens is 1. The summed E-state index contributed by atoms with van der Waals surface area (Å²) in [4.78, 5) is 296. The molecule has 1 aromatic carbocycles. The summed E-state index contributed by atoms with van der Waals surface area (Å²) in [6.45, 7) is 17.8. The summed E-state index contributed by atoms with van der Waals surface area (Å²) in [6.07, 6.45) is -0.198. The Labute approximate surface area is 761 Å². The van der Waals surface area contributed by atoms with Crippen LogP contribution in [-0.4, -0.2) is 310 Å². The molecule has 1 aromatic heterocycles. The second-order valence-electron chi connectivity index (χ2n) is 33.6. The van der Waals surface area contributed by atoms with Crippen molar-refractivity contribution in [1.29, 1.82) is 0 Å². The van der Waals surface area contributed by atoms with Crippen LogP contribution >= 0.6 is 35.3 Å². The predicted octanol–water partition coefficient (Wildman–Crippen LogP) is -6.39. The Balaban J connectivity index is 1.62. The Morgan fingerprint density at radius 2 is 1.00 bits per heavy atom. The van der Waals surface area contributed by atoms with Gasteiger partial charge in [-0.1, -0.05) is 114 Å². The van der Waals surface area contributed by atoms with Gasteiger partial charge in [0.05, 0.1) is 36.7 Å². The first-order valence-electron chi connectivity index (χ1n) is 42.6. The molecule has 0 radical (unpaired) electrons. The third-order valence-electron chi connectivity index (χ3n) is 22.3. The van der Waals surface area contributed by atoms with E-state index < -0.39 is 338 Å². The number of thioether (sulfide) groups is 3. The summed E-state index contributed by atoms with van der Waals surface area (Å²) < 4.78 is 14.6. The topological polar surface area (TPSA) is 678 Å². The minimum atomic E-state index is -2.60. The van der Waals surface area contributed by atoms with E-state index in [1.165, 1.54) is 48.5 Å². The third kappa shape index (κ3) is 31.5. The molecule has 44 nitrogen and oxygen atoms in total. The van der Waals surface area contributed by atoms with E-state index in [9.17, 15) is 72.3 Å². The fourth-order valence-corrected chi connectivity index (χ4v) is 18.5. The van der Waals surface area contributed by atoms with Crippen LogP contribution in [0.15, 0.2) is 30.5 Å². The number of carbonyl (C=O) groups is 20. The van der Waals surface area contributed by atoms with Crippen LogP contribution in [0.3, 0.4) is 0 Å². The molecule has 18 amide bonds. The summed E-state index contributed by atoms with van der Waals surface area (Å²) in [7, 11) is -2.60. The number of rotatable bonds is 17. The van der Waals surface area contributed by atoms with Crippen molar-refractivity contribution in [2.45, 2.75) is 254 Å². The van der Waals surface area contributed by atoms with Crippen molar-refractivity contribution in [3.63, 3.8) is 0 Å². The lowest BCUT2D eigenvalue weighted by molar-refractivity contribution is -0.141. The van der Waals surface area contributed by atoms with E-state index in [0.29, 0.717) is 40.0 Å². The fraction of sp³-hybridized carbons (Fsp3) is 0.654. The molecule has 4 aliphatic heterocycles. The van der Waals surface area contributed by atoms with Crippen LogP contribution in [0.4, 0.5) is 0 Å². The molecule has 24 N–H and O–H groups in total. The Morgan fingerprint density at radius 3 is 1.60 bits per heavy atom. The number of carbonyl (C=O) groups excluding carboxylic acids is 18. The highest BCUT2D eigenvalue weighted by Crippen LogP contribution is 2.25. The molecule has 4 fully saturated rings. The number of fused-ring (bicyclic) bond motifs is 19. The van der Waals surface area contributed by atoms with Gasteiger partial charge >= 0.3 is 11.9 Å². The molecule has 23 unspecified atom stereocenters. The van der Waals surface area contributed by atoms with Gasteiger partial charge < -0.3 is 122 Å². The lowest BCUT2D eigenvalue weighted by Crippen LogP contribution is -2.63. The number of aliphatic hydroxyl groups excluding tert-OH is 1. The number of nitrogens with two attached hydrogens (primary N) is 1. The lowest BCUT2D eigenvalue weighted by Gasteiger charge is -2.32. The van der Waals surface area contributed by atoms with Gasteiger partial charge in [0.25, 0.3) is 0 Å². The highest BCUT2D eigenvalue weighted by Gasteiger charge is 2.45. The number of benzene rings is 1. The fourth-order valence-electron chi connectivity index (χ4n) is 13.9. The minimum Gasteiger partial charge on any atom is -0.481 e. The van der Waals surface area contributed by atoms with Crippen molar-refractivity contribution in [1.82, 2.24) is 101 Å². The SMILES string of the molecule is CCC(C)C1NC(=O)C(C(C)C)NC(=O)C2NC(=O)CNC(=O)C3CSC(C)C(NC(=O)C4CSCC(N)C(=O)NC(CO)C(=O)NCC(=O)NC(Cc5c[nH]c6ccccc56)C(=O)NC(C(C)C)C(=O)N4)C(=O)NC(CC(C)C)C(=O)NC(C(=O)NC(C(C)CC)C(=O)NC(CCC(=O)O)C(=O)N3)C(C)SCC(NC1=O)C(=O)NC(C)C(=O)NC(C(=O)O)CS(=O)C2C. The van der Waals surface area contributed by atoms with E-state index in [0.717, 1.165) is 25.6 Å². The van der Waals surface area contributed by atoms with Crippen LogP contribution in [0.5, 0.6) is 0 Å². The van der Waals surface area contributed by atoms with Gasteiger partial charge in [-0.3, -0.25) is 95.3 Å². The van der Waals surface area contributed by atoms with E-state index >= 15 is 43.2 Å². The Kier molecular flexibility index (Phi) is 41.9. The molecule has 4 aliphatic rings. The molecular weight excluding hydrogens is 1770 g/mol. The predicted molar refractivity (Wildman–Crippen MR) is 476 cm³/mol. The molecule has 2 aromatic rings. The van der Waals surface area contributed by atoms with Crippen LogP contribution in [-0.2, 0) is 113 Å². The second-order valence-corrected chi connectivity index (χ2v) is 39.3. The number of hydrogen-bond donors (Lipinski definition) is 23. The zero-order chi connectivity index (χ0) is 96.3. The maximum Gasteiger partial charge on any atom is 0.327 e. The van der Waals surface area contributed by atoms with Crippen LogP contribution in [0.2, 0.25) is 0 Å². The highest BCUT2D eigenvalue weighted by molar-refractivity contribution is 8.00. The number of carboxylic acid groups (broad SMARTS) is 2. The molecule has 6 rings (SSSR count). The second kappa shape index (κ2) is 50.5. The summed E-state index contributed by atoms with van der Waals surface area (Å²) in [5.41, 5.74) is 7.53. The van der Waals surface area contributed by atoms with E-state index in [1.807, 2.05) is 0 Å². The van der Waals surface area contributed by atoms with Gasteiger partial charge in [-0.15, -0.1) is 0 Å². The number of aromatic amines is 1. The monoisotopic (exact) mass is 1890 g/mol. The largest absolute Gasteiger partial charge is 0.481 e. The summed E-state index contributed by atoms with van der Waals surface area (Å²) in [5.74, 6) is -30.7. The molecule has 0 saturated carbocycles. The first kappa shape index (κ1) is 107.